The molecule has 0 saturated heterocycles. The summed E-state index contributed by atoms with van der Waals surface area (Å²) in [5, 5.41) is 52.4. The van der Waals surface area contributed by atoms with Gasteiger partial charge in [0.1, 0.15) is 6.54 Å². The number of anilines is 1. The second-order valence-corrected chi connectivity index (χ2v) is 31.3. The summed E-state index contributed by atoms with van der Waals surface area (Å²) in [5.74, 6) is 5.66. The molecule has 2 aliphatic rings. The van der Waals surface area contributed by atoms with Gasteiger partial charge in [-0.05, 0) is 161 Å². The second-order valence-electron chi connectivity index (χ2n) is 28.2. The van der Waals surface area contributed by atoms with Crippen LogP contribution in [-0.4, -0.2) is 143 Å². The van der Waals surface area contributed by atoms with Gasteiger partial charge in [-0.15, -0.1) is 0 Å². The monoisotopic (exact) mass is 1450 g/mol. The molecule has 0 fully saturated rings. The van der Waals surface area contributed by atoms with Crippen LogP contribution in [0.1, 0.15) is 106 Å². The number of amides is 2. The van der Waals surface area contributed by atoms with E-state index in [4.69, 9.17) is 0 Å². The summed E-state index contributed by atoms with van der Waals surface area (Å²) in [7, 11) is -11.9. The Morgan fingerprint density at radius 2 is 1.08 bits per heavy atom. The number of allylic oxidation sites excluding steroid dienone is 6. The van der Waals surface area contributed by atoms with E-state index in [2.05, 4.69) is 125 Å². The molecule has 8 aromatic rings. The van der Waals surface area contributed by atoms with E-state index in [1.807, 2.05) is 121 Å². The third-order valence-electron chi connectivity index (χ3n) is 19.7. The Morgan fingerprint density at radius 1 is 0.581 bits per heavy atom. The molecule has 105 heavy (non-hydrogen) atoms. The third kappa shape index (κ3) is 19.6. The average molecular weight is 1450 g/mol. The van der Waals surface area contributed by atoms with E-state index in [9.17, 15) is 55.6 Å². The van der Waals surface area contributed by atoms with Crippen molar-refractivity contribution in [3.05, 3.63) is 263 Å². The van der Waals surface area contributed by atoms with Crippen molar-refractivity contribution in [3.8, 4) is 23.0 Å². The quantitative estimate of drug-likeness (QED) is 0.00285. The fourth-order valence-corrected chi connectivity index (χ4v) is 15.3. The van der Waals surface area contributed by atoms with E-state index in [-0.39, 0.29) is 24.7 Å². The predicted molar refractivity (Wildman–Crippen MR) is 423 cm³/mol. The number of nitrogens with zero attached hydrogens (tertiary/aromatic N) is 4. The molecule has 0 radical (unpaired) electrons. The summed E-state index contributed by atoms with van der Waals surface area (Å²) in [4.78, 5) is 32.1. The molecule has 8 N–H and O–H groups in total. The Bertz CT molecular complexity index is 5040. The summed E-state index contributed by atoms with van der Waals surface area (Å²) < 4.78 is 69.7. The lowest BCUT2D eigenvalue weighted by Gasteiger charge is -2.28. The van der Waals surface area contributed by atoms with Gasteiger partial charge in [0.05, 0.1) is 16.9 Å². The maximum atomic E-state index is 12.7. The molecule has 544 valence electrons. The lowest BCUT2D eigenvalue weighted by molar-refractivity contribution is -0.437. The fourth-order valence-electron chi connectivity index (χ4n) is 14.3. The minimum absolute atomic E-state index is 0.175. The molecule has 2 heterocycles. The van der Waals surface area contributed by atoms with Crippen LogP contribution in [0, 0.1) is 11.8 Å². The third-order valence-corrected chi connectivity index (χ3v) is 21.3. The summed E-state index contributed by atoms with van der Waals surface area (Å²) in [5.41, 5.74) is 13.0. The molecule has 22 heteroatoms. The molecule has 8 aromatic carbocycles. The zero-order valence-corrected chi connectivity index (χ0v) is 62.2. The van der Waals surface area contributed by atoms with Crippen molar-refractivity contribution in [2.45, 2.75) is 104 Å². The minimum Gasteiger partial charge on any atom is -0.423 e. The molecule has 2 amide bonds. The van der Waals surface area contributed by atoms with Crippen molar-refractivity contribution in [1.29, 1.82) is 0 Å². The molecule has 0 saturated carbocycles. The number of rotatable bonds is 32. The zero-order valence-electron chi connectivity index (χ0n) is 60.5. The molecule has 18 nitrogen and oxygen atoms in total. The van der Waals surface area contributed by atoms with E-state index < -0.39 is 56.8 Å². The lowest BCUT2D eigenvalue weighted by Crippen LogP contribution is -2.36. The van der Waals surface area contributed by atoms with E-state index in [1.165, 1.54) is 0 Å². The zero-order chi connectivity index (χ0) is 75.4. The van der Waals surface area contributed by atoms with Gasteiger partial charge in [-0.1, -0.05) is 172 Å². The summed E-state index contributed by atoms with van der Waals surface area (Å²) in [6.45, 7) is 23.4. The van der Waals surface area contributed by atoms with Crippen molar-refractivity contribution in [2.75, 3.05) is 55.7 Å². The molecular weight excluding hydrogens is 1360 g/mol. The normalized spacial score (nSPS) is 14.5. The highest BCUT2D eigenvalue weighted by molar-refractivity contribution is 7.86. The maximum Gasteiger partial charge on any atom is 0.488 e. The topological polar surface area (TPSA) is 261 Å². The van der Waals surface area contributed by atoms with Crippen molar-refractivity contribution in [1.82, 2.24) is 20.4 Å². The van der Waals surface area contributed by atoms with Gasteiger partial charge in [-0.25, -0.2) is 0 Å². The number of nitrogens with one attached hydrogen (secondary N) is 2. The van der Waals surface area contributed by atoms with Gasteiger partial charge in [0.15, 0.2) is 5.71 Å². The van der Waals surface area contributed by atoms with Crippen LogP contribution in [-0.2, 0) is 66.8 Å². The van der Waals surface area contributed by atoms with Gasteiger partial charge in [-0.3, -0.25) is 28.5 Å². The number of benzene rings is 8. The Morgan fingerprint density at radius 3 is 1.64 bits per heavy atom. The van der Waals surface area contributed by atoms with Crippen LogP contribution < -0.4 is 26.5 Å². The van der Waals surface area contributed by atoms with Gasteiger partial charge in [0, 0.05) is 122 Å². The van der Waals surface area contributed by atoms with Gasteiger partial charge in [0.2, 0.25) is 17.5 Å². The van der Waals surface area contributed by atoms with Crippen molar-refractivity contribution in [2.24, 2.45) is 0 Å². The predicted octanol–water partition coefficient (Wildman–Crippen LogP) is 10.3. The standard InChI is InChI=1S/C83H92B2N6O12S2/c1-58(2)80(92)86-45-19-47-88(54-64-23-9-15-29-74(64)84(94)95)56-70-66-25-11-12-26-67(66)71(57-89(48-20-46-87-81(93)59(3)4)55-65-24-10-16-30-75(65)85(96)97)69-53-63(41-42-68(69)70)62-39-35-60(36-40-62)33-34-61(37-43-78-82(5,6)72-27-13-17-31-76(72)90(78)49-21-51-104(98,99)100)38-44-79-83(7,8)73-28-14-18-32-77(73)91(79)50-22-52-105(101,102)103/h9-18,23-32,35-44,53,94-97H,1,3,19-22,45-52,54-57H2,2,4-8H3,(H3-,86,87,92,93,98,99,100,101,102,103)/p+1. The van der Waals surface area contributed by atoms with Crippen LogP contribution in [0.15, 0.2) is 224 Å². The first-order valence-electron chi connectivity index (χ1n) is 35.4. The Hall–Kier alpha value is -9.34. The smallest absolute Gasteiger partial charge is 0.423 e. The Balaban J connectivity index is 1.09. The van der Waals surface area contributed by atoms with Crippen LogP contribution >= 0.6 is 0 Å². The van der Waals surface area contributed by atoms with Crippen molar-refractivity contribution >= 4 is 95.8 Å². The number of carbonyl (C=O) groups excluding carboxylic acids is 2. The maximum absolute atomic E-state index is 12.7. The molecule has 0 atom stereocenters. The number of hydrogen-bond acceptors (Lipinski definition) is 13. The van der Waals surface area contributed by atoms with Gasteiger partial charge in [0.25, 0.3) is 20.2 Å². The van der Waals surface area contributed by atoms with Crippen LogP contribution in [0.3, 0.4) is 0 Å². The van der Waals surface area contributed by atoms with Crippen molar-refractivity contribution in [3.63, 3.8) is 0 Å². The molecule has 10 rings (SSSR count). The molecule has 0 bridgehead atoms. The Labute approximate surface area is 618 Å². The molecular formula is C83H93B2N6O12S2+. The SMILES string of the molecule is C=C(C)C(=O)NCCCN(Cc1ccccc1B(O)O)Cc1c2ccccc2c(CN(CCCNC(=O)C(=C)C)Cc2ccccc2B(O)O)c2cc(-c3ccc(C#CC(C=CC4=[N+](CCCS(=O)(=O)O)c5ccccc5C4(C)C)=CC=C4N(CCCS(=O)(=O)O)c5ccccc5C4(C)C)cc3)ccc12. The average Bonchev–Trinajstić information content (AvgIpc) is 1.65. The second kappa shape index (κ2) is 34.3. The first-order chi connectivity index (χ1) is 50.0. The van der Waals surface area contributed by atoms with Gasteiger partial charge < -0.3 is 35.6 Å². The highest BCUT2D eigenvalue weighted by Crippen LogP contribution is 2.48. The molecule has 0 unspecified atom stereocenters. The highest BCUT2D eigenvalue weighted by atomic mass is 32.2. The van der Waals surface area contributed by atoms with E-state index in [0.717, 1.165) is 88.8 Å². The highest BCUT2D eigenvalue weighted by Gasteiger charge is 2.44. The molecule has 2 aliphatic heterocycles. The van der Waals surface area contributed by atoms with E-state index >= 15 is 0 Å². The number of para-hydroxylation sites is 2. The van der Waals surface area contributed by atoms with Gasteiger partial charge >= 0.3 is 14.2 Å². The fraction of sp³-hybridized carbons (Fsp3) is 0.289. The summed E-state index contributed by atoms with van der Waals surface area (Å²) in [6.07, 6.45) is 9.44. The van der Waals surface area contributed by atoms with Crippen LogP contribution in [0.5, 0.6) is 0 Å². The molecule has 0 aliphatic carbocycles. The molecule has 0 aromatic heterocycles. The van der Waals surface area contributed by atoms with Crippen LogP contribution in [0.4, 0.5) is 11.4 Å². The Kier molecular flexibility index (Phi) is 25.5. The number of fused-ring (bicyclic) bond motifs is 4. The first-order valence-corrected chi connectivity index (χ1v) is 38.6. The van der Waals surface area contributed by atoms with Crippen LogP contribution in [0.25, 0.3) is 32.7 Å². The minimum atomic E-state index is -4.23. The molecule has 0 spiro atoms. The van der Waals surface area contributed by atoms with E-state index in [0.29, 0.717) is 111 Å². The summed E-state index contributed by atoms with van der Waals surface area (Å²) >= 11 is 0. The number of hydrogen-bond donors (Lipinski definition) is 8. The lowest BCUT2D eigenvalue weighted by atomic mass is 9.77. The van der Waals surface area contributed by atoms with Crippen LogP contribution in [0.2, 0.25) is 0 Å². The summed E-state index contributed by atoms with van der Waals surface area (Å²) in [6, 6.07) is 53.3. The van der Waals surface area contributed by atoms with Crippen molar-refractivity contribution < 1.29 is 60.2 Å². The number of carbonyl (C=O) groups is 2. The first kappa shape index (κ1) is 78.3. The largest absolute Gasteiger partial charge is 0.488 e. The van der Waals surface area contributed by atoms with Gasteiger partial charge in [-0.2, -0.15) is 21.4 Å². The van der Waals surface area contributed by atoms with E-state index in [1.54, 1.807) is 38.1 Å².